The lowest BCUT2D eigenvalue weighted by Gasteiger charge is -2.31. The number of carbonyl (C=O) groups is 1. The van der Waals surface area contributed by atoms with E-state index < -0.39 is 0 Å². The van der Waals surface area contributed by atoms with Crippen molar-refractivity contribution in [2.75, 3.05) is 5.32 Å². The van der Waals surface area contributed by atoms with E-state index in [9.17, 15) is 4.79 Å². The van der Waals surface area contributed by atoms with Crippen LogP contribution in [0.3, 0.4) is 0 Å². The van der Waals surface area contributed by atoms with Gasteiger partial charge in [0.05, 0.1) is 0 Å². The second kappa shape index (κ2) is 5.25. The summed E-state index contributed by atoms with van der Waals surface area (Å²) in [6.45, 7) is 2.28. The quantitative estimate of drug-likeness (QED) is 0.873. The van der Waals surface area contributed by atoms with E-state index in [1.807, 2.05) is 18.2 Å². The van der Waals surface area contributed by atoms with E-state index in [0.29, 0.717) is 12.0 Å². The molecule has 1 amide bonds. The van der Waals surface area contributed by atoms with E-state index in [1.54, 1.807) is 0 Å². The number of rotatable bonds is 2. The van der Waals surface area contributed by atoms with E-state index in [2.05, 4.69) is 33.5 Å². The van der Waals surface area contributed by atoms with Crippen LogP contribution in [0, 0.1) is 5.92 Å². The average Bonchev–Trinajstić information content (AvgIpc) is 2.68. The number of anilines is 1. The Balaban J connectivity index is 1.80. The maximum Gasteiger partial charge on any atom is 0.246 e. The van der Waals surface area contributed by atoms with Crippen molar-refractivity contribution in [3.63, 3.8) is 0 Å². The molecule has 0 radical (unpaired) electrons. The lowest BCUT2D eigenvalue weighted by molar-refractivity contribution is -0.118. The highest BCUT2D eigenvalue weighted by molar-refractivity contribution is 9.10. The summed E-state index contributed by atoms with van der Waals surface area (Å²) in [6.07, 6.45) is 5.03. The Bertz CT molecular complexity index is 503. The molecule has 0 spiro atoms. The summed E-state index contributed by atoms with van der Waals surface area (Å²) < 4.78 is 0.998. The third-order valence-electron chi connectivity index (χ3n) is 4.34. The Hall–Kier alpha value is -0.870. The second-order valence-electron chi connectivity index (χ2n) is 5.69. The Kier molecular flexibility index (Phi) is 3.63. The lowest BCUT2D eigenvalue weighted by Crippen LogP contribution is -2.41. The van der Waals surface area contributed by atoms with Crippen LogP contribution in [0.15, 0.2) is 22.7 Å². The highest BCUT2D eigenvalue weighted by atomic mass is 79.9. The molecule has 1 saturated carbocycles. The van der Waals surface area contributed by atoms with Gasteiger partial charge >= 0.3 is 0 Å². The second-order valence-corrected chi connectivity index (χ2v) is 6.60. The molecule has 3 unspecified atom stereocenters. The number of benzene rings is 1. The van der Waals surface area contributed by atoms with Crippen LogP contribution >= 0.6 is 15.9 Å². The van der Waals surface area contributed by atoms with Gasteiger partial charge in [-0.2, -0.15) is 0 Å². The molecule has 1 aromatic rings. The van der Waals surface area contributed by atoms with Crippen LogP contribution in [0.1, 0.15) is 44.2 Å². The molecular formula is C15H19BrN2O. The first kappa shape index (κ1) is 13.1. The van der Waals surface area contributed by atoms with Crippen molar-refractivity contribution in [2.24, 2.45) is 5.92 Å². The van der Waals surface area contributed by atoms with Crippen LogP contribution < -0.4 is 10.6 Å². The molecule has 1 heterocycles. The standard InChI is InChI=1S/C15H19BrN2O/c1-9-4-2-3-5-12(9)17-14-11-7-6-10(16)8-13(11)18-15(14)19/h6-9,12,14,17H,2-5H2,1H3,(H,18,19). The normalized spacial score (nSPS) is 30.0. The molecular weight excluding hydrogens is 304 g/mol. The molecule has 0 bridgehead atoms. The van der Waals surface area contributed by atoms with Crippen molar-refractivity contribution >= 4 is 27.5 Å². The largest absolute Gasteiger partial charge is 0.324 e. The van der Waals surface area contributed by atoms with Crippen molar-refractivity contribution in [2.45, 2.75) is 44.7 Å². The molecule has 102 valence electrons. The van der Waals surface area contributed by atoms with Gasteiger partial charge in [0.25, 0.3) is 0 Å². The minimum atomic E-state index is -0.186. The van der Waals surface area contributed by atoms with Crippen LogP contribution in [0.5, 0.6) is 0 Å². The van der Waals surface area contributed by atoms with Crippen LogP contribution in [-0.2, 0) is 4.79 Å². The van der Waals surface area contributed by atoms with Gasteiger partial charge in [0.1, 0.15) is 6.04 Å². The van der Waals surface area contributed by atoms with E-state index in [-0.39, 0.29) is 11.9 Å². The SMILES string of the molecule is CC1CCCCC1NC1C(=O)Nc2cc(Br)ccc21. The maximum atomic E-state index is 12.1. The first-order chi connectivity index (χ1) is 9.15. The minimum Gasteiger partial charge on any atom is -0.324 e. The van der Waals surface area contributed by atoms with Gasteiger partial charge in [0.2, 0.25) is 5.91 Å². The van der Waals surface area contributed by atoms with Gasteiger partial charge in [-0.15, -0.1) is 0 Å². The number of hydrogen-bond donors (Lipinski definition) is 2. The first-order valence-electron chi connectivity index (χ1n) is 7.01. The van der Waals surface area contributed by atoms with E-state index in [4.69, 9.17) is 0 Å². The molecule has 1 aromatic carbocycles. The van der Waals surface area contributed by atoms with Gasteiger partial charge in [0, 0.05) is 21.8 Å². The Morgan fingerprint density at radius 2 is 2.11 bits per heavy atom. The van der Waals surface area contributed by atoms with Crippen molar-refractivity contribution in [1.29, 1.82) is 0 Å². The lowest BCUT2D eigenvalue weighted by atomic mass is 9.85. The van der Waals surface area contributed by atoms with Gasteiger partial charge in [-0.05, 0) is 30.9 Å². The van der Waals surface area contributed by atoms with E-state index in [1.165, 1.54) is 25.7 Å². The predicted octanol–water partition coefficient (Wildman–Crippen LogP) is 3.61. The zero-order valence-electron chi connectivity index (χ0n) is 11.1. The van der Waals surface area contributed by atoms with Gasteiger partial charge < -0.3 is 5.32 Å². The molecule has 3 nitrogen and oxygen atoms in total. The monoisotopic (exact) mass is 322 g/mol. The van der Waals surface area contributed by atoms with Crippen molar-refractivity contribution in [3.05, 3.63) is 28.2 Å². The molecule has 2 aliphatic rings. The summed E-state index contributed by atoms with van der Waals surface area (Å²) in [5, 5.41) is 6.53. The molecule has 1 aliphatic heterocycles. The number of nitrogens with one attached hydrogen (secondary N) is 2. The third kappa shape index (κ3) is 2.56. The summed E-state index contributed by atoms with van der Waals surface area (Å²) in [7, 11) is 0. The minimum absolute atomic E-state index is 0.0749. The summed E-state index contributed by atoms with van der Waals surface area (Å²) in [6, 6.07) is 6.27. The molecule has 0 saturated heterocycles. The van der Waals surface area contributed by atoms with Crippen LogP contribution in [0.4, 0.5) is 5.69 Å². The van der Waals surface area contributed by atoms with Crippen LogP contribution in [-0.4, -0.2) is 11.9 Å². The summed E-state index contributed by atoms with van der Waals surface area (Å²) in [5.41, 5.74) is 2.01. The zero-order valence-corrected chi connectivity index (χ0v) is 12.7. The molecule has 1 fully saturated rings. The molecule has 0 aromatic heterocycles. The fraction of sp³-hybridized carbons (Fsp3) is 0.533. The highest BCUT2D eigenvalue weighted by Gasteiger charge is 2.34. The highest BCUT2D eigenvalue weighted by Crippen LogP contribution is 2.35. The Morgan fingerprint density at radius 3 is 2.89 bits per heavy atom. The Labute approximate surface area is 122 Å². The fourth-order valence-corrected chi connectivity index (χ4v) is 3.54. The fourth-order valence-electron chi connectivity index (χ4n) is 3.18. The molecule has 3 rings (SSSR count). The molecule has 19 heavy (non-hydrogen) atoms. The van der Waals surface area contributed by atoms with E-state index in [0.717, 1.165) is 15.7 Å². The number of fused-ring (bicyclic) bond motifs is 1. The number of amides is 1. The smallest absolute Gasteiger partial charge is 0.246 e. The molecule has 3 atom stereocenters. The molecule has 4 heteroatoms. The Morgan fingerprint density at radius 1 is 1.32 bits per heavy atom. The number of hydrogen-bond acceptors (Lipinski definition) is 2. The summed E-state index contributed by atoms with van der Waals surface area (Å²) in [4.78, 5) is 12.1. The van der Waals surface area contributed by atoms with Crippen LogP contribution in [0.2, 0.25) is 0 Å². The summed E-state index contributed by atoms with van der Waals surface area (Å²) in [5.74, 6) is 0.729. The van der Waals surface area contributed by atoms with Gasteiger partial charge in [-0.3, -0.25) is 10.1 Å². The van der Waals surface area contributed by atoms with Crippen molar-refractivity contribution < 1.29 is 4.79 Å². The maximum absolute atomic E-state index is 12.1. The van der Waals surface area contributed by atoms with Crippen LogP contribution in [0.25, 0.3) is 0 Å². The number of halogens is 1. The first-order valence-corrected chi connectivity index (χ1v) is 7.81. The van der Waals surface area contributed by atoms with E-state index >= 15 is 0 Å². The van der Waals surface area contributed by atoms with Gasteiger partial charge in [-0.1, -0.05) is 41.8 Å². The van der Waals surface area contributed by atoms with Gasteiger partial charge in [0.15, 0.2) is 0 Å². The van der Waals surface area contributed by atoms with Crippen molar-refractivity contribution in [1.82, 2.24) is 5.32 Å². The zero-order chi connectivity index (χ0) is 13.4. The predicted molar refractivity (Wildman–Crippen MR) is 80.1 cm³/mol. The van der Waals surface area contributed by atoms with Crippen molar-refractivity contribution in [3.8, 4) is 0 Å². The summed E-state index contributed by atoms with van der Waals surface area (Å²) >= 11 is 3.44. The van der Waals surface area contributed by atoms with Gasteiger partial charge in [-0.25, -0.2) is 0 Å². The third-order valence-corrected chi connectivity index (χ3v) is 4.83. The average molecular weight is 323 g/mol. The number of carbonyl (C=O) groups excluding carboxylic acids is 1. The molecule has 1 aliphatic carbocycles. The topological polar surface area (TPSA) is 41.1 Å². The molecule has 2 N–H and O–H groups in total.